The topological polar surface area (TPSA) is 55.2 Å². The number of para-hydroxylation sites is 1. The van der Waals surface area contributed by atoms with Crippen molar-refractivity contribution < 1.29 is 4.79 Å². The number of halogens is 1. The molecule has 0 saturated heterocycles. The molecule has 1 aromatic heterocycles. The van der Waals surface area contributed by atoms with Crippen LogP contribution in [0.3, 0.4) is 0 Å². The first-order valence-electron chi connectivity index (χ1n) is 9.38. The summed E-state index contributed by atoms with van der Waals surface area (Å²) in [7, 11) is 0. The van der Waals surface area contributed by atoms with E-state index in [4.69, 9.17) is 0 Å². The molecule has 2 heterocycles. The van der Waals surface area contributed by atoms with Crippen molar-refractivity contribution in [1.82, 2.24) is 9.55 Å². The fourth-order valence-electron chi connectivity index (χ4n) is 3.64. The number of benzene rings is 2. The van der Waals surface area contributed by atoms with Gasteiger partial charge in [-0.2, -0.15) is 0 Å². The van der Waals surface area contributed by atoms with Gasteiger partial charge in [0.1, 0.15) is 5.82 Å². The third-order valence-electron chi connectivity index (χ3n) is 4.94. The summed E-state index contributed by atoms with van der Waals surface area (Å²) in [5.41, 5.74) is 2.86. The number of hydrogen-bond acceptors (Lipinski definition) is 3. The molecule has 0 spiro atoms. The summed E-state index contributed by atoms with van der Waals surface area (Å²) in [6.45, 7) is 5.09. The summed E-state index contributed by atoms with van der Waals surface area (Å²) < 4.78 is 2.52. The Morgan fingerprint density at radius 2 is 1.89 bits per heavy atom. The van der Waals surface area contributed by atoms with Crippen LogP contribution in [0.2, 0.25) is 0 Å². The van der Waals surface area contributed by atoms with Gasteiger partial charge >= 0.3 is 0 Å². The van der Waals surface area contributed by atoms with Crippen LogP contribution in [0.1, 0.15) is 31.7 Å². The van der Waals surface area contributed by atoms with Crippen LogP contribution in [-0.4, -0.2) is 22.0 Å². The first-order valence-corrected chi connectivity index (χ1v) is 10.2. The lowest BCUT2D eigenvalue weighted by Gasteiger charge is -2.15. The Kier molecular flexibility index (Phi) is 4.89. The Labute approximate surface area is 171 Å². The van der Waals surface area contributed by atoms with E-state index in [1.807, 2.05) is 50.2 Å². The Morgan fingerprint density at radius 3 is 2.64 bits per heavy atom. The zero-order chi connectivity index (χ0) is 19.8. The van der Waals surface area contributed by atoms with Crippen LogP contribution >= 0.6 is 15.9 Å². The third-order valence-corrected chi connectivity index (χ3v) is 5.44. The van der Waals surface area contributed by atoms with Crippen molar-refractivity contribution >= 4 is 50.1 Å². The molecule has 142 valence electrons. The molecule has 3 aromatic rings. The zero-order valence-corrected chi connectivity index (χ0v) is 17.4. The molecule has 1 aliphatic heterocycles. The second-order valence-corrected chi connectivity index (χ2v) is 7.63. The number of aromatic nitrogens is 2. The monoisotopic (exact) mass is 437 g/mol. The lowest BCUT2D eigenvalue weighted by Crippen LogP contribution is -2.27. The normalized spacial score (nSPS) is 14.9. The smallest absolute Gasteiger partial charge is 0.261 e. The highest BCUT2D eigenvalue weighted by molar-refractivity contribution is 9.10. The van der Waals surface area contributed by atoms with Crippen molar-refractivity contribution in [3.63, 3.8) is 0 Å². The van der Waals surface area contributed by atoms with Crippen LogP contribution in [0.4, 0.5) is 5.69 Å². The predicted molar refractivity (Wildman–Crippen MR) is 116 cm³/mol. The minimum Gasteiger partial charge on any atom is -0.308 e. The van der Waals surface area contributed by atoms with Crippen LogP contribution in [0.15, 0.2) is 51.7 Å². The van der Waals surface area contributed by atoms with Gasteiger partial charge in [0.05, 0.1) is 22.2 Å². The maximum absolute atomic E-state index is 13.1. The number of carbonyl (C=O) groups excluding carboxylic acids is 1. The quantitative estimate of drug-likeness (QED) is 0.565. The fraction of sp³-hybridized carbons (Fsp3) is 0.227. The highest BCUT2D eigenvalue weighted by Crippen LogP contribution is 2.39. The van der Waals surface area contributed by atoms with Gasteiger partial charge < -0.3 is 4.90 Å². The Hall–Kier alpha value is -2.73. The Morgan fingerprint density at radius 1 is 1.11 bits per heavy atom. The van der Waals surface area contributed by atoms with Gasteiger partial charge in [-0.25, -0.2) is 4.98 Å². The molecule has 0 atom stereocenters. The summed E-state index contributed by atoms with van der Waals surface area (Å²) in [5, 5.41) is 0.583. The summed E-state index contributed by atoms with van der Waals surface area (Å²) in [6, 6.07) is 13.1. The van der Waals surface area contributed by atoms with Crippen molar-refractivity contribution in [2.24, 2.45) is 0 Å². The van der Waals surface area contributed by atoms with Crippen LogP contribution in [-0.2, 0) is 11.3 Å². The lowest BCUT2D eigenvalue weighted by molar-refractivity contribution is -0.113. The number of nitrogens with zero attached hydrogens (tertiary/aromatic N) is 3. The van der Waals surface area contributed by atoms with Crippen molar-refractivity contribution in [3.05, 3.63) is 68.7 Å². The van der Waals surface area contributed by atoms with E-state index in [0.717, 1.165) is 22.1 Å². The molecule has 1 amide bonds. The number of rotatable bonds is 4. The summed E-state index contributed by atoms with van der Waals surface area (Å²) in [4.78, 5) is 32.5. The molecule has 0 N–H and O–H groups in total. The number of fused-ring (bicyclic) bond motifs is 2. The lowest BCUT2D eigenvalue weighted by atomic mass is 10.1. The average Bonchev–Trinajstić information content (AvgIpc) is 2.94. The highest BCUT2D eigenvalue weighted by atomic mass is 79.9. The van der Waals surface area contributed by atoms with Gasteiger partial charge in [-0.3, -0.25) is 14.2 Å². The molecule has 4 rings (SSSR count). The van der Waals surface area contributed by atoms with E-state index in [2.05, 4.69) is 20.9 Å². The van der Waals surface area contributed by atoms with Crippen LogP contribution in [0.5, 0.6) is 0 Å². The van der Waals surface area contributed by atoms with Crippen LogP contribution in [0.25, 0.3) is 22.6 Å². The molecule has 0 aliphatic carbocycles. The largest absolute Gasteiger partial charge is 0.308 e. The molecular weight excluding hydrogens is 418 g/mol. The maximum Gasteiger partial charge on any atom is 0.261 e. The fourth-order valence-corrected chi connectivity index (χ4v) is 4.01. The standard InChI is InChI=1S/C22H20BrN3O2/c1-3-11-26-19-10-9-14(23)12-16(19)17(22(26)28)13-20-24-18-8-6-5-7-15(18)21(27)25(20)4-2/h5-10,12-13H,3-4,11H2,1-2H3. The van der Waals surface area contributed by atoms with Crippen LogP contribution in [0, 0.1) is 0 Å². The summed E-state index contributed by atoms with van der Waals surface area (Å²) in [6.07, 6.45) is 2.61. The average molecular weight is 438 g/mol. The van der Waals surface area contributed by atoms with E-state index in [1.54, 1.807) is 21.6 Å². The van der Waals surface area contributed by atoms with E-state index >= 15 is 0 Å². The molecule has 0 fully saturated rings. The first kappa shape index (κ1) is 18.6. The maximum atomic E-state index is 13.1. The number of carbonyl (C=O) groups is 1. The van der Waals surface area contributed by atoms with Gasteiger partial charge in [-0.15, -0.1) is 0 Å². The van der Waals surface area contributed by atoms with E-state index in [9.17, 15) is 9.59 Å². The number of hydrogen-bond donors (Lipinski definition) is 0. The number of anilines is 1. The molecular formula is C22H20BrN3O2. The first-order chi connectivity index (χ1) is 13.5. The molecule has 0 radical (unpaired) electrons. The van der Waals surface area contributed by atoms with E-state index in [0.29, 0.717) is 35.4 Å². The van der Waals surface area contributed by atoms with Gasteiger partial charge in [0.15, 0.2) is 0 Å². The van der Waals surface area contributed by atoms with Gasteiger partial charge in [0, 0.05) is 23.1 Å². The molecule has 2 aromatic carbocycles. The molecule has 0 saturated carbocycles. The van der Waals surface area contributed by atoms with Crippen molar-refractivity contribution in [1.29, 1.82) is 0 Å². The van der Waals surface area contributed by atoms with Gasteiger partial charge in [-0.1, -0.05) is 35.0 Å². The molecule has 28 heavy (non-hydrogen) atoms. The molecule has 6 heteroatoms. The van der Waals surface area contributed by atoms with Gasteiger partial charge in [0.25, 0.3) is 11.5 Å². The van der Waals surface area contributed by atoms with Crippen molar-refractivity contribution in [2.45, 2.75) is 26.8 Å². The SMILES string of the molecule is CCCN1C(=O)C(=Cc2nc3ccccc3c(=O)n2CC)c2cc(Br)ccc21. The highest BCUT2D eigenvalue weighted by Gasteiger charge is 2.32. The third kappa shape index (κ3) is 2.98. The van der Waals surface area contributed by atoms with Gasteiger partial charge in [0.2, 0.25) is 0 Å². The van der Waals surface area contributed by atoms with E-state index in [1.165, 1.54) is 0 Å². The molecule has 5 nitrogen and oxygen atoms in total. The Balaban J connectivity index is 1.96. The van der Waals surface area contributed by atoms with E-state index in [-0.39, 0.29) is 11.5 Å². The summed E-state index contributed by atoms with van der Waals surface area (Å²) >= 11 is 3.50. The van der Waals surface area contributed by atoms with E-state index < -0.39 is 0 Å². The second-order valence-electron chi connectivity index (χ2n) is 6.71. The van der Waals surface area contributed by atoms with Crippen molar-refractivity contribution in [3.8, 4) is 0 Å². The second kappa shape index (κ2) is 7.36. The minimum atomic E-state index is -0.0923. The molecule has 1 aliphatic rings. The minimum absolute atomic E-state index is 0.0555. The van der Waals surface area contributed by atoms with Crippen LogP contribution < -0.4 is 10.5 Å². The molecule has 0 unspecified atom stereocenters. The van der Waals surface area contributed by atoms with Gasteiger partial charge in [-0.05, 0) is 49.8 Å². The molecule has 0 bridgehead atoms. The zero-order valence-electron chi connectivity index (χ0n) is 15.8. The Bertz CT molecular complexity index is 1180. The predicted octanol–water partition coefficient (Wildman–Crippen LogP) is 4.48. The number of amides is 1. The van der Waals surface area contributed by atoms with Crippen molar-refractivity contribution in [2.75, 3.05) is 11.4 Å². The summed E-state index contributed by atoms with van der Waals surface area (Å²) in [5.74, 6) is 0.443.